The lowest BCUT2D eigenvalue weighted by atomic mass is 10.1. The minimum Gasteiger partial charge on any atom is -0.351 e. The number of nitro benzene ring substituents is 1. The Morgan fingerprint density at radius 1 is 1.14 bits per heavy atom. The summed E-state index contributed by atoms with van der Waals surface area (Å²) in [4.78, 5) is 23.2. The summed E-state index contributed by atoms with van der Waals surface area (Å²) in [5.74, 6) is 0. The second-order valence-electron chi connectivity index (χ2n) is 4.64. The van der Waals surface area contributed by atoms with E-state index in [0.717, 1.165) is 5.56 Å². The zero-order valence-electron chi connectivity index (χ0n) is 11.6. The van der Waals surface area contributed by atoms with E-state index in [9.17, 15) is 14.9 Å². The summed E-state index contributed by atoms with van der Waals surface area (Å²) in [7, 11) is 0. The Hall–Kier alpha value is -2.60. The number of nitro groups is 1. The van der Waals surface area contributed by atoms with E-state index >= 15 is 0 Å². The Morgan fingerprint density at radius 3 is 2.23 bits per heavy atom. The zero-order valence-corrected chi connectivity index (χ0v) is 12.4. The fourth-order valence-electron chi connectivity index (χ4n) is 2.01. The van der Waals surface area contributed by atoms with Gasteiger partial charge in [0, 0.05) is 29.4 Å². The van der Waals surface area contributed by atoms with E-state index in [-0.39, 0.29) is 5.69 Å². The van der Waals surface area contributed by atoms with Gasteiger partial charge in [-0.3, -0.25) is 15.0 Å². The Labute approximate surface area is 132 Å². The van der Waals surface area contributed by atoms with Crippen molar-refractivity contribution >= 4 is 29.0 Å². The molecule has 0 aromatic heterocycles. The van der Waals surface area contributed by atoms with Crippen molar-refractivity contribution < 1.29 is 9.72 Å². The Balaban J connectivity index is 2.07. The van der Waals surface area contributed by atoms with Crippen LogP contribution in [0.25, 0.3) is 0 Å². The number of non-ortho nitro benzene ring substituents is 1. The third-order valence-corrected chi connectivity index (χ3v) is 3.43. The molecule has 2 rings (SSSR count). The standard InChI is InChI=1S/C15H14ClN3O3/c16-12-3-7-13(8-4-12)18(15(17)20)10-9-11-1-5-14(6-2-11)19(21)22/h1-8H,9-10H2,(H2,17,20). The third-order valence-electron chi connectivity index (χ3n) is 3.18. The summed E-state index contributed by atoms with van der Waals surface area (Å²) >= 11 is 5.82. The first-order valence-corrected chi connectivity index (χ1v) is 6.91. The SMILES string of the molecule is NC(=O)N(CCc1ccc([N+](=O)[O-])cc1)c1ccc(Cl)cc1. The van der Waals surface area contributed by atoms with Gasteiger partial charge < -0.3 is 5.73 Å². The molecule has 2 amide bonds. The molecule has 2 aromatic carbocycles. The number of carbonyl (C=O) groups excluding carboxylic acids is 1. The predicted octanol–water partition coefficient (Wildman–Crippen LogP) is 3.38. The van der Waals surface area contributed by atoms with Gasteiger partial charge in [-0.2, -0.15) is 0 Å². The lowest BCUT2D eigenvalue weighted by Gasteiger charge is -2.20. The number of halogens is 1. The van der Waals surface area contributed by atoms with Gasteiger partial charge in [-0.25, -0.2) is 4.79 Å². The van der Waals surface area contributed by atoms with Crippen LogP contribution >= 0.6 is 11.6 Å². The topological polar surface area (TPSA) is 89.5 Å². The summed E-state index contributed by atoms with van der Waals surface area (Å²) < 4.78 is 0. The smallest absolute Gasteiger partial charge is 0.319 e. The summed E-state index contributed by atoms with van der Waals surface area (Å²) in [5.41, 5.74) is 6.97. The van der Waals surface area contributed by atoms with Crippen molar-refractivity contribution in [2.24, 2.45) is 5.73 Å². The van der Waals surface area contributed by atoms with Gasteiger partial charge in [-0.05, 0) is 36.2 Å². The van der Waals surface area contributed by atoms with Crippen LogP contribution in [0.3, 0.4) is 0 Å². The molecular weight excluding hydrogens is 306 g/mol. The number of nitrogens with two attached hydrogens (primary N) is 1. The van der Waals surface area contributed by atoms with Crippen molar-refractivity contribution in [2.75, 3.05) is 11.4 Å². The first-order valence-electron chi connectivity index (χ1n) is 6.53. The third kappa shape index (κ3) is 3.95. The lowest BCUT2D eigenvalue weighted by Crippen LogP contribution is -2.37. The number of hydrogen-bond donors (Lipinski definition) is 1. The average molecular weight is 320 g/mol. The Kier molecular flexibility index (Phi) is 4.95. The van der Waals surface area contributed by atoms with Gasteiger partial charge in [0.15, 0.2) is 0 Å². The fraction of sp³-hybridized carbons (Fsp3) is 0.133. The molecule has 0 atom stereocenters. The van der Waals surface area contributed by atoms with Crippen LogP contribution in [0.2, 0.25) is 5.02 Å². The van der Waals surface area contributed by atoms with Crippen molar-refractivity contribution in [1.29, 1.82) is 0 Å². The van der Waals surface area contributed by atoms with Gasteiger partial charge in [0.05, 0.1) is 4.92 Å². The molecule has 0 saturated carbocycles. The molecule has 2 N–H and O–H groups in total. The van der Waals surface area contributed by atoms with E-state index in [1.807, 2.05) is 0 Å². The van der Waals surface area contributed by atoms with Gasteiger partial charge >= 0.3 is 6.03 Å². The molecule has 2 aromatic rings. The number of nitrogens with zero attached hydrogens (tertiary/aromatic N) is 2. The molecule has 0 heterocycles. The molecule has 0 aliphatic rings. The molecular formula is C15H14ClN3O3. The average Bonchev–Trinajstić information content (AvgIpc) is 2.49. The van der Waals surface area contributed by atoms with E-state index < -0.39 is 11.0 Å². The molecule has 0 fully saturated rings. The molecule has 0 unspecified atom stereocenters. The number of benzene rings is 2. The summed E-state index contributed by atoms with van der Waals surface area (Å²) in [6, 6.07) is 12.4. The molecule has 0 bridgehead atoms. The normalized spacial score (nSPS) is 10.2. The van der Waals surface area contributed by atoms with Gasteiger partial charge in [0.1, 0.15) is 0 Å². The van der Waals surface area contributed by atoms with Crippen molar-refractivity contribution in [3.05, 3.63) is 69.2 Å². The van der Waals surface area contributed by atoms with E-state index in [2.05, 4.69) is 0 Å². The van der Waals surface area contributed by atoms with E-state index in [4.69, 9.17) is 17.3 Å². The van der Waals surface area contributed by atoms with Crippen molar-refractivity contribution in [3.63, 3.8) is 0 Å². The highest BCUT2D eigenvalue weighted by atomic mass is 35.5. The van der Waals surface area contributed by atoms with Crippen LogP contribution in [0.1, 0.15) is 5.56 Å². The second-order valence-corrected chi connectivity index (χ2v) is 5.08. The molecule has 0 saturated heterocycles. The van der Waals surface area contributed by atoms with Crippen LogP contribution in [0.4, 0.5) is 16.2 Å². The number of carbonyl (C=O) groups is 1. The van der Waals surface area contributed by atoms with Crippen molar-refractivity contribution in [2.45, 2.75) is 6.42 Å². The van der Waals surface area contributed by atoms with Crippen LogP contribution in [-0.4, -0.2) is 17.5 Å². The predicted molar refractivity (Wildman–Crippen MR) is 85.2 cm³/mol. The minimum atomic E-state index is -0.566. The molecule has 0 spiro atoms. The number of urea groups is 1. The number of anilines is 1. The van der Waals surface area contributed by atoms with Crippen molar-refractivity contribution in [3.8, 4) is 0 Å². The molecule has 114 valence electrons. The fourth-order valence-corrected chi connectivity index (χ4v) is 2.14. The van der Waals surface area contributed by atoms with Gasteiger partial charge in [0.2, 0.25) is 0 Å². The molecule has 0 aliphatic carbocycles. The quantitative estimate of drug-likeness (QED) is 0.676. The first kappa shape index (κ1) is 15.8. The first-order chi connectivity index (χ1) is 10.5. The highest BCUT2D eigenvalue weighted by Crippen LogP contribution is 2.19. The summed E-state index contributed by atoms with van der Waals surface area (Å²) in [5, 5.41) is 11.2. The minimum absolute atomic E-state index is 0.0354. The lowest BCUT2D eigenvalue weighted by molar-refractivity contribution is -0.384. The largest absolute Gasteiger partial charge is 0.351 e. The molecule has 0 radical (unpaired) electrons. The highest BCUT2D eigenvalue weighted by Gasteiger charge is 2.12. The maximum absolute atomic E-state index is 11.6. The van der Waals surface area contributed by atoms with Crippen LogP contribution in [0, 0.1) is 10.1 Å². The number of hydrogen-bond acceptors (Lipinski definition) is 3. The molecule has 7 heteroatoms. The van der Waals surface area contributed by atoms with Crippen LogP contribution in [-0.2, 0) is 6.42 Å². The number of amides is 2. The highest BCUT2D eigenvalue weighted by molar-refractivity contribution is 6.30. The number of primary amides is 1. The monoisotopic (exact) mass is 319 g/mol. The van der Waals surface area contributed by atoms with Gasteiger partial charge in [-0.1, -0.05) is 23.7 Å². The summed E-state index contributed by atoms with van der Waals surface area (Å²) in [6.07, 6.45) is 0.531. The molecule has 22 heavy (non-hydrogen) atoms. The maximum atomic E-state index is 11.6. The Bertz CT molecular complexity index is 671. The maximum Gasteiger partial charge on any atom is 0.319 e. The second kappa shape index (κ2) is 6.91. The number of rotatable bonds is 5. The molecule has 0 aliphatic heterocycles. The van der Waals surface area contributed by atoms with Crippen LogP contribution in [0.15, 0.2) is 48.5 Å². The van der Waals surface area contributed by atoms with E-state index in [1.54, 1.807) is 36.4 Å². The van der Waals surface area contributed by atoms with E-state index in [1.165, 1.54) is 17.0 Å². The van der Waals surface area contributed by atoms with Crippen molar-refractivity contribution in [1.82, 2.24) is 0 Å². The molecule has 6 nitrogen and oxygen atoms in total. The summed E-state index contributed by atoms with van der Waals surface area (Å²) in [6.45, 7) is 0.370. The van der Waals surface area contributed by atoms with E-state index in [0.29, 0.717) is 23.7 Å². The van der Waals surface area contributed by atoms with Crippen LogP contribution < -0.4 is 10.6 Å². The van der Waals surface area contributed by atoms with Gasteiger partial charge in [-0.15, -0.1) is 0 Å². The zero-order chi connectivity index (χ0) is 16.1. The van der Waals surface area contributed by atoms with Crippen LogP contribution in [0.5, 0.6) is 0 Å². The van der Waals surface area contributed by atoms with Gasteiger partial charge in [0.25, 0.3) is 5.69 Å². The Morgan fingerprint density at radius 2 is 1.73 bits per heavy atom.